The van der Waals surface area contributed by atoms with E-state index in [9.17, 15) is 4.79 Å². The topological polar surface area (TPSA) is 36.4 Å². The van der Waals surface area contributed by atoms with E-state index in [1.807, 2.05) is 0 Å². The summed E-state index contributed by atoms with van der Waals surface area (Å²) in [4.78, 5) is 22.7. The first-order chi connectivity index (χ1) is 10.2. The average Bonchev–Trinajstić information content (AvgIpc) is 2.93. The van der Waals surface area contributed by atoms with E-state index >= 15 is 0 Å². The highest BCUT2D eigenvalue weighted by Crippen LogP contribution is 2.36. The van der Waals surface area contributed by atoms with Gasteiger partial charge in [0.15, 0.2) is 10.9 Å². The third kappa shape index (κ3) is 2.40. The van der Waals surface area contributed by atoms with Gasteiger partial charge in [-0.1, -0.05) is 11.3 Å². The smallest absolute Gasteiger partial charge is 0.186 e. The van der Waals surface area contributed by atoms with Gasteiger partial charge in [-0.3, -0.25) is 4.79 Å². The molecular weight excluding hydrogens is 282 g/mol. The number of piperidine rings is 2. The van der Waals surface area contributed by atoms with E-state index < -0.39 is 0 Å². The second-order valence-electron chi connectivity index (χ2n) is 6.73. The van der Waals surface area contributed by atoms with Crippen molar-refractivity contribution in [1.29, 1.82) is 0 Å². The number of aromatic nitrogens is 1. The van der Waals surface area contributed by atoms with Gasteiger partial charge in [0, 0.05) is 25.6 Å². The van der Waals surface area contributed by atoms with Crippen LogP contribution in [0.2, 0.25) is 0 Å². The fourth-order valence-electron chi connectivity index (χ4n) is 4.22. The zero-order valence-corrected chi connectivity index (χ0v) is 13.5. The zero-order chi connectivity index (χ0) is 14.4. The van der Waals surface area contributed by atoms with Crippen LogP contribution in [0.15, 0.2) is 0 Å². The van der Waals surface area contributed by atoms with Gasteiger partial charge in [0.2, 0.25) is 0 Å². The number of thiazole rings is 1. The lowest BCUT2D eigenvalue weighted by atomic mass is 9.84. The fraction of sp³-hybridized carbons (Fsp3) is 0.750. The molecule has 0 saturated carbocycles. The maximum Gasteiger partial charge on any atom is 0.186 e. The summed E-state index contributed by atoms with van der Waals surface area (Å²) in [6, 6.07) is 0.756. The fourth-order valence-corrected chi connectivity index (χ4v) is 5.33. The molecule has 4 rings (SSSR count). The van der Waals surface area contributed by atoms with E-state index in [-0.39, 0.29) is 0 Å². The molecule has 0 N–H and O–H groups in total. The molecule has 0 radical (unpaired) electrons. The molecule has 2 saturated heterocycles. The van der Waals surface area contributed by atoms with Crippen LogP contribution >= 0.6 is 11.3 Å². The van der Waals surface area contributed by atoms with Crippen molar-refractivity contribution in [3.05, 3.63) is 10.6 Å². The van der Waals surface area contributed by atoms with E-state index in [1.54, 1.807) is 11.3 Å². The lowest BCUT2D eigenvalue weighted by molar-refractivity contribution is 0.0976. The van der Waals surface area contributed by atoms with Crippen molar-refractivity contribution in [2.45, 2.75) is 44.6 Å². The van der Waals surface area contributed by atoms with Crippen LogP contribution in [0.25, 0.3) is 0 Å². The van der Waals surface area contributed by atoms with Crippen LogP contribution in [0.1, 0.15) is 47.5 Å². The highest BCUT2D eigenvalue weighted by molar-refractivity contribution is 7.17. The maximum absolute atomic E-state index is 12.0. The van der Waals surface area contributed by atoms with Crippen LogP contribution in [0.4, 0.5) is 5.13 Å². The lowest BCUT2D eigenvalue weighted by Crippen LogP contribution is -2.52. The molecule has 1 aromatic rings. The SMILES string of the molecule is CN1CCCC2CN(c3nc4c(s3)C(=O)CCC4)CCC21. The molecule has 2 atom stereocenters. The number of carbonyl (C=O) groups excluding carboxylic acids is 1. The van der Waals surface area contributed by atoms with Gasteiger partial charge in [-0.05, 0) is 51.6 Å². The molecule has 2 unspecified atom stereocenters. The summed E-state index contributed by atoms with van der Waals surface area (Å²) in [5, 5.41) is 1.10. The molecule has 4 nitrogen and oxygen atoms in total. The van der Waals surface area contributed by atoms with Crippen molar-refractivity contribution in [2.24, 2.45) is 5.92 Å². The highest BCUT2D eigenvalue weighted by atomic mass is 32.1. The van der Waals surface area contributed by atoms with E-state index in [2.05, 4.69) is 16.8 Å². The summed E-state index contributed by atoms with van der Waals surface area (Å²) >= 11 is 1.64. The zero-order valence-electron chi connectivity index (χ0n) is 12.7. The minimum absolute atomic E-state index is 0.312. The number of ketones is 1. The minimum Gasteiger partial charge on any atom is -0.348 e. The van der Waals surface area contributed by atoms with Crippen molar-refractivity contribution < 1.29 is 4.79 Å². The quantitative estimate of drug-likeness (QED) is 0.799. The number of nitrogens with zero attached hydrogens (tertiary/aromatic N) is 3. The summed E-state index contributed by atoms with van der Waals surface area (Å²) in [6.45, 7) is 3.46. The molecule has 114 valence electrons. The first-order valence-corrected chi connectivity index (χ1v) is 9.02. The van der Waals surface area contributed by atoms with Gasteiger partial charge in [0.1, 0.15) is 0 Å². The molecule has 0 aromatic carbocycles. The van der Waals surface area contributed by atoms with Gasteiger partial charge in [-0.25, -0.2) is 4.98 Å². The number of Topliss-reactive ketones (excluding diaryl/α,β-unsaturated/α-hetero) is 1. The molecule has 1 aromatic heterocycles. The Morgan fingerprint density at radius 2 is 2.10 bits per heavy atom. The molecule has 21 heavy (non-hydrogen) atoms. The van der Waals surface area contributed by atoms with Gasteiger partial charge in [-0.2, -0.15) is 0 Å². The normalized spacial score (nSPS) is 30.1. The molecule has 0 amide bonds. The van der Waals surface area contributed by atoms with Gasteiger partial charge in [-0.15, -0.1) is 0 Å². The lowest BCUT2D eigenvalue weighted by Gasteiger charge is -2.45. The summed E-state index contributed by atoms with van der Waals surface area (Å²) in [6.07, 6.45) is 6.57. The monoisotopic (exact) mass is 305 g/mol. The van der Waals surface area contributed by atoms with Crippen LogP contribution in [-0.2, 0) is 6.42 Å². The highest BCUT2D eigenvalue weighted by Gasteiger charge is 2.35. The number of hydrogen-bond acceptors (Lipinski definition) is 5. The predicted octanol–water partition coefficient (Wildman–Crippen LogP) is 2.58. The molecule has 5 heteroatoms. The summed E-state index contributed by atoms with van der Waals surface area (Å²) in [5.41, 5.74) is 1.06. The number of carbonyl (C=O) groups is 1. The van der Waals surface area contributed by atoms with Crippen molar-refractivity contribution in [3.8, 4) is 0 Å². The van der Waals surface area contributed by atoms with Crippen LogP contribution in [-0.4, -0.2) is 48.4 Å². The van der Waals surface area contributed by atoms with Gasteiger partial charge in [0.05, 0.1) is 10.6 Å². The van der Waals surface area contributed by atoms with Crippen molar-refractivity contribution in [3.63, 3.8) is 0 Å². The van der Waals surface area contributed by atoms with E-state index in [0.717, 1.165) is 53.6 Å². The van der Waals surface area contributed by atoms with E-state index in [4.69, 9.17) is 4.98 Å². The van der Waals surface area contributed by atoms with Crippen molar-refractivity contribution in [1.82, 2.24) is 9.88 Å². The van der Waals surface area contributed by atoms with Crippen LogP contribution in [0.3, 0.4) is 0 Å². The predicted molar refractivity (Wildman–Crippen MR) is 85.4 cm³/mol. The number of aryl methyl sites for hydroxylation is 1. The molecule has 3 aliphatic rings. The number of hydrogen-bond donors (Lipinski definition) is 0. The molecule has 0 bridgehead atoms. The number of likely N-dealkylation sites (tertiary alicyclic amines) is 1. The van der Waals surface area contributed by atoms with Crippen LogP contribution in [0, 0.1) is 5.92 Å². The molecule has 2 fully saturated rings. The molecule has 0 spiro atoms. The van der Waals surface area contributed by atoms with Gasteiger partial charge in [0.25, 0.3) is 0 Å². The first-order valence-electron chi connectivity index (χ1n) is 8.20. The summed E-state index contributed by atoms with van der Waals surface area (Å²) < 4.78 is 0. The third-order valence-electron chi connectivity index (χ3n) is 5.37. The Hall–Kier alpha value is -0.940. The van der Waals surface area contributed by atoms with E-state index in [1.165, 1.54) is 25.8 Å². The summed E-state index contributed by atoms with van der Waals surface area (Å²) in [5.74, 6) is 1.08. The van der Waals surface area contributed by atoms with Gasteiger partial charge < -0.3 is 9.80 Å². The largest absolute Gasteiger partial charge is 0.348 e. The van der Waals surface area contributed by atoms with Crippen LogP contribution < -0.4 is 4.90 Å². The second-order valence-corrected chi connectivity index (χ2v) is 7.71. The Morgan fingerprint density at radius 1 is 1.19 bits per heavy atom. The Morgan fingerprint density at radius 3 is 2.95 bits per heavy atom. The molecule has 2 aliphatic heterocycles. The Kier molecular flexibility index (Phi) is 3.50. The molecular formula is C16H23N3OS. The third-order valence-corrected chi connectivity index (χ3v) is 6.57. The maximum atomic E-state index is 12.0. The standard InChI is InChI=1S/C16H23N3OS/c1-18-8-3-4-11-10-19(9-7-13(11)18)16-17-12-5-2-6-14(20)15(12)21-16/h11,13H,2-10H2,1H3. The van der Waals surface area contributed by atoms with Gasteiger partial charge >= 0.3 is 0 Å². The Labute approximate surface area is 130 Å². The van der Waals surface area contributed by atoms with E-state index in [0.29, 0.717) is 12.2 Å². The van der Waals surface area contributed by atoms with Crippen LogP contribution in [0.5, 0.6) is 0 Å². The average molecular weight is 305 g/mol. The number of rotatable bonds is 1. The molecule has 1 aliphatic carbocycles. The minimum atomic E-state index is 0.312. The number of anilines is 1. The van der Waals surface area contributed by atoms with Crippen molar-refractivity contribution >= 4 is 22.3 Å². The second kappa shape index (κ2) is 5.36. The first kappa shape index (κ1) is 13.7. The number of fused-ring (bicyclic) bond motifs is 2. The molecule has 3 heterocycles. The Balaban J connectivity index is 1.54. The Bertz CT molecular complexity index is 556. The van der Waals surface area contributed by atoms with Crippen molar-refractivity contribution in [2.75, 3.05) is 31.6 Å². The summed E-state index contributed by atoms with van der Waals surface area (Å²) in [7, 11) is 2.27.